The molecule has 4 heteroatoms. The van der Waals surface area contributed by atoms with Crippen molar-refractivity contribution < 1.29 is 4.79 Å². The smallest absolute Gasteiger partial charge is 0.223 e. The fourth-order valence-electron chi connectivity index (χ4n) is 5.56. The van der Waals surface area contributed by atoms with E-state index in [2.05, 4.69) is 83.7 Å². The number of fused-ring (bicyclic) bond motifs is 1. The fourth-order valence-corrected chi connectivity index (χ4v) is 5.69. The number of aromatic amines is 1. The molecule has 0 bridgehead atoms. The quantitative estimate of drug-likeness (QED) is 0.291. The summed E-state index contributed by atoms with van der Waals surface area (Å²) >= 11 is 6.19. The summed E-state index contributed by atoms with van der Waals surface area (Å²) in [6.07, 6.45) is 6.78. The lowest BCUT2D eigenvalue weighted by Gasteiger charge is -2.33. The van der Waals surface area contributed by atoms with Crippen molar-refractivity contribution in [2.24, 2.45) is 5.92 Å². The summed E-state index contributed by atoms with van der Waals surface area (Å²) in [5.74, 6) is 0.876. The molecule has 0 aliphatic carbocycles. The van der Waals surface area contributed by atoms with Crippen molar-refractivity contribution in [2.75, 3.05) is 13.1 Å². The average Bonchev–Trinajstić information content (AvgIpc) is 3.33. The number of amides is 1. The molecule has 1 amide bonds. The van der Waals surface area contributed by atoms with Gasteiger partial charge in [0.2, 0.25) is 5.91 Å². The van der Waals surface area contributed by atoms with Gasteiger partial charge in [0.15, 0.2) is 0 Å². The van der Waals surface area contributed by atoms with Crippen LogP contribution in [0.1, 0.15) is 54.4 Å². The van der Waals surface area contributed by atoms with Gasteiger partial charge in [-0.25, -0.2) is 0 Å². The lowest BCUT2D eigenvalue weighted by molar-refractivity contribution is -0.132. The van der Waals surface area contributed by atoms with Crippen molar-refractivity contribution in [3.05, 3.63) is 106 Å². The zero-order valence-corrected chi connectivity index (χ0v) is 21.1. The van der Waals surface area contributed by atoms with Crippen LogP contribution >= 0.6 is 11.6 Å². The highest BCUT2D eigenvalue weighted by Crippen LogP contribution is 2.36. The van der Waals surface area contributed by atoms with Crippen molar-refractivity contribution in [1.82, 2.24) is 9.88 Å². The number of rotatable bonds is 7. The number of aryl methyl sites for hydroxylation is 1. The number of hydrogen-bond acceptors (Lipinski definition) is 1. The van der Waals surface area contributed by atoms with Gasteiger partial charge in [0.25, 0.3) is 0 Å². The molecule has 180 valence electrons. The standard InChI is InChI=1S/C31H33ClN2O/c1-2-24-9-6-10-27-29(21-33-31(24)27)28(25-11-13-26(32)14-12-25)20-30(35)34-17-15-23(16-18-34)19-22-7-4-3-5-8-22/h3-14,21,23,28,33H,2,15-20H2,1H3/t28-/m1/s1. The van der Waals surface area contributed by atoms with Gasteiger partial charge in [-0.05, 0) is 66.0 Å². The summed E-state index contributed by atoms with van der Waals surface area (Å²) in [5, 5.41) is 1.92. The largest absolute Gasteiger partial charge is 0.361 e. The SMILES string of the molecule is CCc1cccc2c([C@H](CC(=O)N3CCC(Cc4ccccc4)CC3)c3ccc(Cl)cc3)c[nH]c12. The molecule has 2 heterocycles. The van der Waals surface area contributed by atoms with Gasteiger partial charge in [0.1, 0.15) is 0 Å². The third kappa shape index (κ3) is 5.31. The molecule has 1 aromatic heterocycles. The van der Waals surface area contributed by atoms with E-state index in [1.807, 2.05) is 12.1 Å². The number of para-hydroxylation sites is 1. The van der Waals surface area contributed by atoms with E-state index in [1.54, 1.807) is 0 Å². The van der Waals surface area contributed by atoms with E-state index in [0.29, 0.717) is 17.4 Å². The Labute approximate surface area is 213 Å². The lowest BCUT2D eigenvalue weighted by atomic mass is 9.86. The first-order valence-corrected chi connectivity index (χ1v) is 13.2. The van der Waals surface area contributed by atoms with Gasteiger partial charge in [-0.2, -0.15) is 0 Å². The number of carbonyl (C=O) groups is 1. The van der Waals surface area contributed by atoms with Crippen molar-refractivity contribution in [3.8, 4) is 0 Å². The van der Waals surface area contributed by atoms with Crippen LogP contribution in [0.4, 0.5) is 0 Å². The topological polar surface area (TPSA) is 36.1 Å². The second-order valence-corrected chi connectivity index (χ2v) is 10.2. The van der Waals surface area contributed by atoms with E-state index in [4.69, 9.17) is 11.6 Å². The molecule has 3 nitrogen and oxygen atoms in total. The van der Waals surface area contributed by atoms with Crippen molar-refractivity contribution in [2.45, 2.75) is 44.9 Å². The van der Waals surface area contributed by atoms with Crippen LogP contribution in [0, 0.1) is 5.92 Å². The Morgan fingerprint density at radius 2 is 1.74 bits per heavy atom. The maximum Gasteiger partial charge on any atom is 0.223 e. The molecule has 5 rings (SSSR count). The fraction of sp³-hybridized carbons (Fsp3) is 0.323. The number of halogens is 1. The van der Waals surface area contributed by atoms with Crippen molar-refractivity contribution >= 4 is 28.4 Å². The maximum absolute atomic E-state index is 13.6. The number of likely N-dealkylation sites (tertiary alicyclic amines) is 1. The molecule has 1 N–H and O–H groups in total. The molecular formula is C31H33ClN2O. The van der Waals surface area contributed by atoms with Gasteiger partial charge in [0, 0.05) is 47.6 Å². The molecule has 3 aromatic carbocycles. The van der Waals surface area contributed by atoms with E-state index in [-0.39, 0.29) is 11.8 Å². The highest BCUT2D eigenvalue weighted by molar-refractivity contribution is 6.30. The molecular weight excluding hydrogens is 452 g/mol. The number of piperidine rings is 1. The van der Waals surface area contributed by atoms with Crippen LogP contribution in [0.2, 0.25) is 5.02 Å². The summed E-state index contributed by atoms with van der Waals surface area (Å²) in [5.41, 5.74) is 6.19. The Bertz CT molecular complexity index is 1270. The van der Waals surface area contributed by atoms with Gasteiger partial charge >= 0.3 is 0 Å². The van der Waals surface area contributed by atoms with E-state index in [0.717, 1.165) is 44.3 Å². The van der Waals surface area contributed by atoms with E-state index < -0.39 is 0 Å². The molecule has 1 aliphatic heterocycles. The second kappa shape index (κ2) is 10.7. The minimum absolute atomic E-state index is 0.0114. The zero-order valence-electron chi connectivity index (χ0n) is 20.3. The molecule has 1 aliphatic rings. The first-order valence-electron chi connectivity index (χ1n) is 12.8. The van der Waals surface area contributed by atoms with Gasteiger partial charge in [-0.1, -0.05) is 79.2 Å². The maximum atomic E-state index is 13.6. The van der Waals surface area contributed by atoms with Gasteiger partial charge < -0.3 is 9.88 Å². The van der Waals surface area contributed by atoms with Gasteiger partial charge in [-0.3, -0.25) is 4.79 Å². The van der Waals surface area contributed by atoms with Crippen molar-refractivity contribution in [1.29, 1.82) is 0 Å². The summed E-state index contributed by atoms with van der Waals surface area (Å²) in [6, 6.07) is 25.1. The first-order chi connectivity index (χ1) is 17.1. The third-order valence-corrected chi connectivity index (χ3v) is 7.83. The van der Waals surface area contributed by atoms with Crippen LogP contribution in [-0.4, -0.2) is 28.9 Å². The number of benzene rings is 3. The Kier molecular flexibility index (Phi) is 7.24. The minimum Gasteiger partial charge on any atom is -0.361 e. The van der Waals surface area contributed by atoms with Crippen LogP contribution in [-0.2, 0) is 17.6 Å². The minimum atomic E-state index is -0.0114. The second-order valence-electron chi connectivity index (χ2n) is 9.76. The highest BCUT2D eigenvalue weighted by Gasteiger charge is 2.27. The van der Waals surface area contributed by atoms with Crippen LogP contribution in [0.25, 0.3) is 10.9 Å². The molecule has 0 radical (unpaired) electrons. The van der Waals surface area contributed by atoms with Crippen LogP contribution in [0.15, 0.2) is 79.0 Å². The number of hydrogen-bond donors (Lipinski definition) is 1. The Balaban J connectivity index is 1.34. The molecule has 1 fully saturated rings. The van der Waals surface area contributed by atoms with Gasteiger partial charge in [0.05, 0.1) is 0 Å². The summed E-state index contributed by atoms with van der Waals surface area (Å²) < 4.78 is 0. The zero-order chi connectivity index (χ0) is 24.2. The molecule has 0 saturated carbocycles. The van der Waals surface area contributed by atoms with E-state index in [9.17, 15) is 4.79 Å². The number of nitrogens with zero attached hydrogens (tertiary/aromatic N) is 1. The van der Waals surface area contributed by atoms with Gasteiger partial charge in [-0.15, -0.1) is 0 Å². The molecule has 1 saturated heterocycles. The highest BCUT2D eigenvalue weighted by atomic mass is 35.5. The van der Waals surface area contributed by atoms with Crippen LogP contribution in [0.5, 0.6) is 0 Å². The summed E-state index contributed by atoms with van der Waals surface area (Å²) in [6.45, 7) is 3.87. The van der Waals surface area contributed by atoms with E-state index >= 15 is 0 Å². The van der Waals surface area contributed by atoms with Crippen molar-refractivity contribution in [3.63, 3.8) is 0 Å². The Morgan fingerprint density at radius 1 is 1.00 bits per heavy atom. The Morgan fingerprint density at radius 3 is 2.46 bits per heavy atom. The lowest BCUT2D eigenvalue weighted by Crippen LogP contribution is -2.39. The number of aromatic nitrogens is 1. The number of H-pyrrole nitrogens is 1. The first kappa shape index (κ1) is 23.7. The molecule has 0 spiro atoms. The predicted octanol–water partition coefficient (Wildman–Crippen LogP) is 7.39. The predicted molar refractivity (Wildman–Crippen MR) is 145 cm³/mol. The molecule has 35 heavy (non-hydrogen) atoms. The average molecular weight is 485 g/mol. The Hall–Kier alpha value is -3.04. The van der Waals surface area contributed by atoms with Crippen LogP contribution < -0.4 is 0 Å². The molecule has 4 aromatic rings. The normalized spacial score (nSPS) is 15.4. The monoisotopic (exact) mass is 484 g/mol. The number of carbonyl (C=O) groups excluding carboxylic acids is 1. The summed E-state index contributed by atoms with van der Waals surface area (Å²) in [4.78, 5) is 19.1. The molecule has 0 unspecified atom stereocenters. The third-order valence-electron chi connectivity index (χ3n) is 7.58. The van der Waals surface area contributed by atoms with Crippen LogP contribution in [0.3, 0.4) is 0 Å². The number of nitrogens with one attached hydrogen (secondary N) is 1. The molecule has 1 atom stereocenters. The summed E-state index contributed by atoms with van der Waals surface area (Å²) in [7, 11) is 0. The van der Waals surface area contributed by atoms with E-state index in [1.165, 1.54) is 27.6 Å².